The molecule has 1 N–H and O–H groups in total. The van der Waals surface area contributed by atoms with Crippen LogP contribution in [0.15, 0.2) is 89.2 Å². The minimum Gasteiger partial charge on any atom is -0.489 e. The summed E-state index contributed by atoms with van der Waals surface area (Å²) in [6, 6.07) is 23.2. The number of nitrogens with zero attached hydrogens (tertiary/aromatic N) is 3. The number of carbonyl (C=O) groups excluding carboxylic acids is 1. The second-order valence-electron chi connectivity index (χ2n) is 9.88. The molecule has 7 nitrogen and oxygen atoms in total. The van der Waals surface area contributed by atoms with Crippen LogP contribution in [-0.4, -0.2) is 27.3 Å². The maximum absolute atomic E-state index is 13.4. The number of fused-ring (bicyclic) bond motifs is 1. The Kier molecular flexibility index (Phi) is 9.31. The molecule has 1 aliphatic rings. The first-order chi connectivity index (χ1) is 19.9. The number of allylic oxidation sites excluding steroid dienone is 1. The number of nitrogens with one attached hydrogen (secondary N) is 1. The van der Waals surface area contributed by atoms with Crippen LogP contribution in [0.4, 0.5) is 5.95 Å². The van der Waals surface area contributed by atoms with E-state index in [2.05, 4.69) is 31.3 Å². The van der Waals surface area contributed by atoms with E-state index in [4.69, 9.17) is 31.2 Å². The van der Waals surface area contributed by atoms with E-state index in [1.165, 1.54) is 17.3 Å². The zero-order valence-electron chi connectivity index (χ0n) is 23.4. The van der Waals surface area contributed by atoms with Gasteiger partial charge in [0.15, 0.2) is 0 Å². The van der Waals surface area contributed by atoms with Crippen LogP contribution in [0.5, 0.6) is 5.75 Å². The van der Waals surface area contributed by atoms with Crippen LogP contribution in [0.25, 0.3) is 0 Å². The number of aryl methyl sites for hydroxylation is 1. The quantitative estimate of drug-likeness (QED) is 0.109. The van der Waals surface area contributed by atoms with Crippen LogP contribution in [0, 0.1) is 6.92 Å². The Labute approximate surface area is 249 Å². The van der Waals surface area contributed by atoms with E-state index < -0.39 is 6.04 Å². The zero-order valence-corrected chi connectivity index (χ0v) is 25.0. The van der Waals surface area contributed by atoms with E-state index >= 15 is 0 Å². The third-order valence-electron chi connectivity index (χ3n) is 6.95. The molecule has 2 heterocycles. The first-order valence-corrected chi connectivity index (χ1v) is 15.1. The molecule has 3 aromatic carbocycles. The van der Waals surface area contributed by atoms with Crippen molar-refractivity contribution >= 4 is 35.3 Å². The van der Waals surface area contributed by atoms with Crippen LogP contribution in [-0.2, 0) is 21.9 Å². The Hall–Kier alpha value is -3.75. The SMILES string of the molecule is CCCCOC(=O)C1=C(C)Nc2nc(SCc3ccccc3Cl)nn2C1c1ccc(OCc2ccccc2C)cc1. The van der Waals surface area contributed by atoms with Gasteiger partial charge in [-0.15, -0.1) is 5.10 Å². The Balaban J connectivity index is 1.41. The Morgan fingerprint density at radius 1 is 1.02 bits per heavy atom. The number of hydrogen-bond acceptors (Lipinski definition) is 7. The molecule has 5 rings (SSSR count). The van der Waals surface area contributed by atoms with E-state index in [1.54, 1.807) is 4.68 Å². The second kappa shape index (κ2) is 13.3. The van der Waals surface area contributed by atoms with Gasteiger partial charge in [0.05, 0.1) is 12.2 Å². The number of anilines is 1. The van der Waals surface area contributed by atoms with E-state index in [1.807, 2.05) is 67.6 Å². The fourth-order valence-corrected chi connectivity index (χ4v) is 5.70. The summed E-state index contributed by atoms with van der Waals surface area (Å²) in [5.74, 6) is 1.58. The van der Waals surface area contributed by atoms with Crippen LogP contribution in [0.2, 0.25) is 5.02 Å². The summed E-state index contributed by atoms with van der Waals surface area (Å²) in [5.41, 5.74) is 5.42. The molecule has 0 bridgehead atoms. The molecule has 0 saturated heterocycles. The molecule has 0 aliphatic carbocycles. The van der Waals surface area contributed by atoms with E-state index in [-0.39, 0.29) is 5.97 Å². The van der Waals surface area contributed by atoms with Gasteiger partial charge in [0.1, 0.15) is 18.4 Å². The number of rotatable bonds is 11. The second-order valence-corrected chi connectivity index (χ2v) is 11.2. The Morgan fingerprint density at radius 2 is 1.76 bits per heavy atom. The van der Waals surface area contributed by atoms with Crippen molar-refractivity contribution in [3.63, 3.8) is 0 Å². The summed E-state index contributed by atoms with van der Waals surface area (Å²) in [6.45, 7) is 6.86. The lowest BCUT2D eigenvalue weighted by Crippen LogP contribution is -2.29. The van der Waals surface area contributed by atoms with Crippen molar-refractivity contribution in [3.8, 4) is 5.75 Å². The van der Waals surface area contributed by atoms with Gasteiger partial charge in [0.2, 0.25) is 11.1 Å². The molecule has 0 spiro atoms. The molecule has 9 heteroatoms. The normalized spacial score (nSPS) is 14.4. The summed E-state index contributed by atoms with van der Waals surface area (Å²) in [6.07, 6.45) is 1.75. The third kappa shape index (κ3) is 6.77. The predicted octanol–water partition coefficient (Wildman–Crippen LogP) is 7.74. The first-order valence-electron chi connectivity index (χ1n) is 13.7. The maximum atomic E-state index is 13.4. The topological polar surface area (TPSA) is 78.3 Å². The minimum absolute atomic E-state index is 0.361. The summed E-state index contributed by atoms with van der Waals surface area (Å²) in [5, 5.41) is 9.38. The molecule has 0 radical (unpaired) electrons. The smallest absolute Gasteiger partial charge is 0.338 e. The minimum atomic E-state index is -0.507. The fourth-order valence-electron chi connectivity index (χ4n) is 4.59. The summed E-state index contributed by atoms with van der Waals surface area (Å²) < 4.78 is 13.5. The monoisotopic (exact) mass is 588 g/mol. The van der Waals surface area contributed by atoms with E-state index in [0.717, 1.165) is 35.3 Å². The molecule has 1 unspecified atom stereocenters. The van der Waals surface area contributed by atoms with Gasteiger partial charge in [-0.1, -0.05) is 91.3 Å². The molecule has 1 aliphatic heterocycles. The number of unbranched alkanes of at least 4 members (excludes halogenated alkanes) is 1. The number of thioether (sulfide) groups is 1. The van der Waals surface area contributed by atoms with Crippen molar-refractivity contribution in [2.75, 3.05) is 11.9 Å². The van der Waals surface area contributed by atoms with Crippen LogP contribution < -0.4 is 10.1 Å². The van der Waals surface area contributed by atoms with Crippen molar-refractivity contribution in [2.45, 2.75) is 57.2 Å². The number of ether oxygens (including phenoxy) is 2. The van der Waals surface area contributed by atoms with Gasteiger partial charge in [-0.25, -0.2) is 9.48 Å². The lowest BCUT2D eigenvalue weighted by Gasteiger charge is -2.28. The predicted molar refractivity (Wildman–Crippen MR) is 163 cm³/mol. The number of aromatic nitrogens is 3. The molecule has 0 amide bonds. The highest BCUT2D eigenvalue weighted by Crippen LogP contribution is 2.38. The molecular weight excluding hydrogens is 556 g/mol. The molecular formula is C32H33ClN4O3S. The van der Waals surface area contributed by atoms with Gasteiger partial charge in [-0.3, -0.25) is 0 Å². The van der Waals surface area contributed by atoms with Crippen LogP contribution >= 0.6 is 23.4 Å². The number of benzene rings is 3. The van der Waals surface area contributed by atoms with E-state index in [9.17, 15) is 4.79 Å². The van der Waals surface area contributed by atoms with Gasteiger partial charge in [0.25, 0.3) is 0 Å². The third-order valence-corrected chi connectivity index (χ3v) is 8.21. The standard InChI is InChI=1S/C32H33ClN4O3S/c1-4-5-18-39-30(38)28-22(3)34-31-35-32(41-20-25-12-8-9-13-27(25)33)36-37(31)29(28)23-14-16-26(17-15-23)40-19-24-11-7-6-10-21(24)2/h6-17,29H,4-5,18-20H2,1-3H3,(H,34,35,36). The van der Waals surface area contributed by atoms with Gasteiger partial charge in [-0.2, -0.15) is 4.98 Å². The lowest BCUT2D eigenvalue weighted by molar-refractivity contribution is -0.139. The number of halogens is 1. The first kappa shape index (κ1) is 28.8. The van der Waals surface area contributed by atoms with E-state index in [0.29, 0.717) is 46.4 Å². The summed E-state index contributed by atoms with van der Waals surface area (Å²) >= 11 is 7.85. The van der Waals surface area contributed by atoms with Gasteiger partial charge in [-0.05, 0) is 60.7 Å². The molecule has 0 saturated carbocycles. The molecule has 4 aromatic rings. The number of esters is 1. The van der Waals surface area contributed by atoms with Crippen molar-refractivity contribution in [1.82, 2.24) is 14.8 Å². The van der Waals surface area contributed by atoms with Gasteiger partial charge >= 0.3 is 5.97 Å². The molecule has 212 valence electrons. The molecule has 1 atom stereocenters. The van der Waals surface area contributed by atoms with Crippen molar-refractivity contribution in [3.05, 3.63) is 111 Å². The largest absolute Gasteiger partial charge is 0.489 e. The average molecular weight is 589 g/mol. The molecule has 41 heavy (non-hydrogen) atoms. The number of hydrogen-bond donors (Lipinski definition) is 1. The highest BCUT2D eigenvalue weighted by molar-refractivity contribution is 7.98. The average Bonchev–Trinajstić information content (AvgIpc) is 3.38. The zero-order chi connectivity index (χ0) is 28.8. The Morgan fingerprint density at radius 3 is 2.49 bits per heavy atom. The lowest BCUT2D eigenvalue weighted by atomic mass is 9.95. The van der Waals surface area contributed by atoms with Crippen LogP contribution in [0.3, 0.4) is 0 Å². The maximum Gasteiger partial charge on any atom is 0.338 e. The molecule has 1 aromatic heterocycles. The Bertz CT molecular complexity index is 1550. The van der Waals surface area contributed by atoms with Crippen molar-refractivity contribution in [1.29, 1.82) is 0 Å². The summed E-state index contributed by atoms with van der Waals surface area (Å²) in [4.78, 5) is 18.1. The highest BCUT2D eigenvalue weighted by atomic mass is 35.5. The van der Waals surface area contributed by atoms with Gasteiger partial charge < -0.3 is 14.8 Å². The highest BCUT2D eigenvalue weighted by Gasteiger charge is 2.35. The fraction of sp³-hybridized carbons (Fsp3) is 0.281. The summed E-state index contributed by atoms with van der Waals surface area (Å²) in [7, 11) is 0. The molecule has 0 fully saturated rings. The van der Waals surface area contributed by atoms with Crippen LogP contribution in [0.1, 0.15) is 55.0 Å². The van der Waals surface area contributed by atoms with Crippen molar-refractivity contribution in [2.24, 2.45) is 0 Å². The van der Waals surface area contributed by atoms with Gasteiger partial charge in [0, 0.05) is 16.5 Å². The van der Waals surface area contributed by atoms with Crippen molar-refractivity contribution < 1.29 is 14.3 Å². The number of carbonyl (C=O) groups is 1.